The van der Waals surface area contributed by atoms with Gasteiger partial charge in [-0.1, -0.05) is 0 Å². The zero-order valence-corrected chi connectivity index (χ0v) is 12.1. The normalized spacial score (nSPS) is 18.0. The molecule has 1 saturated heterocycles. The molecule has 21 heavy (non-hydrogen) atoms. The Labute approximate surface area is 124 Å². The zero-order valence-electron chi connectivity index (χ0n) is 12.1. The van der Waals surface area contributed by atoms with Gasteiger partial charge in [0.15, 0.2) is 0 Å². The number of likely N-dealkylation sites (tertiary alicyclic amines) is 1. The maximum absolute atomic E-state index is 12.2. The first kappa shape index (κ1) is 15.6. The van der Waals surface area contributed by atoms with Crippen LogP contribution < -0.4 is 5.32 Å². The van der Waals surface area contributed by atoms with Crippen molar-refractivity contribution >= 4 is 11.8 Å². The summed E-state index contributed by atoms with van der Waals surface area (Å²) in [5.41, 5.74) is 0.462. The minimum Gasteiger partial charge on any atom is -0.472 e. The molecule has 6 nitrogen and oxygen atoms in total. The van der Waals surface area contributed by atoms with Crippen molar-refractivity contribution in [3.8, 4) is 0 Å². The van der Waals surface area contributed by atoms with E-state index in [4.69, 9.17) is 9.52 Å². The quantitative estimate of drug-likeness (QED) is 0.790. The molecule has 0 radical (unpaired) electrons. The second-order valence-corrected chi connectivity index (χ2v) is 5.27. The third kappa shape index (κ3) is 4.32. The second kappa shape index (κ2) is 7.83. The number of carbonyl (C=O) groups is 2. The number of aliphatic hydroxyl groups is 1. The number of rotatable bonds is 7. The Kier molecular flexibility index (Phi) is 5.80. The minimum atomic E-state index is -0.227. The second-order valence-electron chi connectivity index (χ2n) is 5.27. The molecule has 1 aromatic heterocycles. The van der Waals surface area contributed by atoms with Crippen LogP contribution in [0, 0.1) is 0 Å². The van der Waals surface area contributed by atoms with Crippen molar-refractivity contribution in [2.45, 2.75) is 38.1 Å². The molecule has 0 aliphatic carbocycles. The van der Waals surface area contributed by atoms with Crippen LogP contribution in [0.25, 0.3) is 0 Å². The lowest BCUT2D eigenvalue weighted by atomic mass is 10.1. The molecule has 1 aliphatic heterocycles. The van der Waals surface area contributed by atoms with Gasteiger partial charge in [0, 0.05) is 32.2 Å². The minimum absolute atomic E-state index is 0.0722. The lowest BCUT2D eigenvalue weighted by Crippen LogP contribution is -2.37. The van der Waals surface area contributed by atoms with Gasteiger partial charge in [0.25, 0.3) is 5.91 Å². The third-order valence-electron chi connectivity index (χ3n) is 3.80. The lowest BCUT2D eigenvalue weighted by Gasteiger charge is -2.24. The molecule has 6 heteroatoms. The van der Waals surface area contributed by atoms with Gasteiger partial charge in [-0.05, 0) is 31.7 Å². The smallest absolute Gasteiger partial charge is 0.254 e. The summed E-state index contributed by atoms with van der Waals surface area (Å²) < 4.78 is 4.84. The van der Waals surface area contributed by atoms with E-state index < -0.39 is 0 Å². The Morgan fingerprint density at radius 2 is 2.33 bits per heavy atom. The highest BCUT2D eigenvalue weighted by molar-refractivity contribution is 5.94. The first-order valence-electron chi connectivity index (χ1n) is 7.43. The summed E-state index contributed by atoms with van der Waals surface area (Å²) in [6, 6.07) is 1.83. The molecule has 1 aliphatic rings. The molecule has 2 N–H and O–H groups in total. The van der Waals surface area contributed by atoms with Crippen LogP contribution in [0.4, 0.5) is 0 Å². The largest absolute Gasteiger partial charge is 0.472 e. The molecule has 116 valence electrons. The molecule has 0 bridgehead atoms. The Hall–Kier alpha value is -1.82. The van der Waals surface area contributed by atoms with Crippen LogP contribution in [-0.2, 0) is 4.79 Å². The molecule has 1 aromatic rings. The molecule has 0 spiro atoms. The van der Waals surface area contributed by atoms with E-state index in [0.29, 0.717) is 18.5 Å². The van der Waals surface area contributed by atoms with E-state index in [2.05, 4.69) is 5.32 Å². The van der Waals surface area contributed by atoms with Crippen molar-refractivity contribution in [1.82, 2.24) is 10.2 Å². The number of nitrogens with one attached hydrogen (secondary N) is 1. The number of carbonyl (C=O) groups excluding carboxylic acids is 2. The SMILES string of the molecule is O=C(NCCC(=O)N1CCCC1CCCO)c1ccoc1. The summed E-state index contributed by atoms with van der Waals surface area (Å²) in [7, 11) is 0. The molecular weight excluding hydrogens is 272 g/mol. The fourth-order valence-corrected chi connectivity index (χ4v) is 2.71. The van der Waals surface area contributed by atoms with E-state index in [1.165, 1.54) is 12.5 Å². The predicted molar refractivity (Wildman–Crippen MR) is 76.7 cm³/mol. The first-order valence-corrected chi connectivity index (χ1v) is 7.43. The Bertz CT molecular complexity index is 458. The standard InChI is InChI=1S/C15H22N2O4/c18-9-2-4-13-3-1-8-17(13)14(19)5-7-16-15(20)12-6-10-21-11-12/h6,10-11,13,18H,1-5,7-9H2,(H,16,20). The van der Waals surface area contributed by atoms with Crippen LogP contribution in [0.2, 0.25) is 0 Å². The van der Waals surface area contributed by atoms with Gasteiger partial charge >= 0.3 is 0 Å². The van der Waals surface area contributed by atoms with Gasteiger partial charge in [-0.3, -0.25) is 9.59 Å². The van der Waals surface area contributed by atoms with Crippen LogP contribution in [0.1, 0.15) is 42.5 Å². The van der Waals surface area contributed by atoms with Crippen molar-refractivity contribution in [1.29, 1.82) is 0 Å². The summed E-state index contributed by atoms with van der Waals surface area (Å²) in [6.45, 7) is 1.27. The number of hydrogen-bond acceptors (Lipinski definition) is 4. The predicted octanol–water partition coefficient (Wildman–Crippen LogP) is 1.16. The first-order chi connectivity index (χ1) is 10.2. The van der Waals surface area contributed by atoms with E-state index in [0.717, 1.165) is 32.2 Å². The Balaban J connectivity index is 1.72. The number of aliphatic hydroxyl groups excluding tert-OH is 1. The summed E-state index contributed by atoms with van der Waals surface area (Å²) in [5.74, 6) is -0.155. The molecule has 2 rings (SSSR count). The van der Waals surface area contributed by atoms with Gasteiger partial charge in [0.1, 0.15) is 6.26 Å². The van der Waals surface area contributed by atoms with E-state index in [-0.39, 0.29) is 24.5 Å². The Morgan fingerprint density at radius 1 is 1.48 bits per heavy atom. The van der Waals surface area contributed by atoms with Gasteiger partial charge in [-0.15, -0.1) is 0 Å². The van der Waals surface area contributed by atoms with Crippen molar-refractivity contribution in [2.75, 3.05) is 19.7 Å². The monoisotopic (exact) mass is 294 g/mol. The molecule has 1 fully saturated rings. The highest BCUT2D eigenvalue weighted by atomic mass is 16.3. The zero-order chi connectivity index (χ0) is 15.1. The van der Waals surface area contributed by atoms with E-state index in [1.807, 2.05) is 4.90 Å². The molecule has 1 atom stereocenters. The highest BCUT2D eigenvalue weighted by Gasteiger charge is 2.27. The van der Waals surface area contributed by atoms with Crippen molar-refractivity contribution in [3.05, 3.63) is 24.2 Å². The molecule has 0 aromatic carbocycles. The highest BCUT2D eigenvalue weighted by Crippen LogP contribution is 2.21. The fraction of sp³-hybridized carbons (Fsp3) is 0.600. The van der Waals surface area contributed by atoms with E-state index in [1.54, 1.807) is 6.07 Å². The van der Waals surface area contributed by atoms with E-state index in [9.17, 15) is 9.59 Å². The summed E-state index contributed by atoms with van der Waals surface area (Å²) in [5, 5.41) is 11.6. The van der Waals surface area contributed by atoms with Gasteiger partial charge in [0.2, 0.25) is 5.91 Å². The van der Waals surface area contributed by atoms with Crippen LogP contribution in [0.15, 0.2) is 23.0 Å². The van der Waals surface area contributed by atoms with Crippen LogP contribution in [0.3, 0.4) is 0 Å². The molecular formula is C15H22N2O4. The molecule has 2 amide bonds. The summed E-state index contributed by atoms with van der Waals surface area (Å²) in [4.78, 5) is 25.8. The average Bonchev–Trinajstić information content (AvgIpc) is 3.15. The number of hydrogen-bond donors (Lipinski definition) is 2. The van der Waals surface area contributed by atoms with Crippen LogP contribution >= 0.6 is 0 Å². The van der Waals surface area contributed by atoms with Crippen molar-refractivity contribution < 1.29 is 19.1 Å². The summed E-state index contributed by atoms with van der Waals surface area (Å²) in [6.07, 6.45) is 6.73. The van der Waals surface area contributed by atoms with Crippen LogP contribution in [-0.4, -0.2) is 47.6 Å². The average molecular weight is 294 g/mol. The maximum Gasteiger partial charge on any atom is 0.254 e. The fourth-order valence-electron chi connectivity index (χ4n) is 2.71. The molecule has 1 unspecified atom stereocenters. The lowest BCUT2D eigenvalue weighted by molar-refractivity contribution is -0.132. The summed E-state index contributed by atoms with van der Waals surface area (Å²) >= 11 is 0. The van der Waals surface area contributed by atoms with Crippen LogP contribution in [0.5, 0.6) is 0 Å². The van der Waals surface area contributed by atoms with Gasteiger partial charge < -0.3 is 19.7 Å². The van der Waals surface area contributed by atoms with Crippen molar-refractivity contribution in [2.24, 2.45) is 0 Å². The maximum atomic E-state index is 12.2. The third-order valence-corrected chi connectivity index (χ3v) is 3.80. The van der Waals surface area contributed by atoms with Crippen molar-refractivity contribution in [3.63, 3.8) is 0 Å². The number of nitrogens with zero attached hydrogens (tertiary/aromatic N) is 1. The molecule has 0 saturated carbocycles. The Morgan fingerprint density at radius 3 is 3.05 bits per heavy atom. The topological polar surface area (TPSA) is 82.8 Å². The van der Waals surface area contributed by atoms with Gasteiger partial charge in [-0.2, -0.15) is 0 Å². The number of furan rings is 1. The van der Waals surface area contributed by atoms with Gasteiger partial charge in [0.05, 0.1) is 11.8 Å². The number of amides is 2. The van der Waals surface area contributed by atoms with Gasteiger partial charge in [-0.25, -0.2) is 0 Å². The molecule has 2 heterocycles. The van der Waals surface area contributed by atoms with E-state index >= 15 is 0 Å².